The number of carbonyl (C=O) groups is 1. The Morgan fingerprint density at radius 1 is 1.08 bits per heavy atom. The Morgan fingerprint density at radius 3 is 2.38 bits per heavy atom. The van der Waals surface area contributed by atoms with E-state index in [1.165, 1.54) is 22.3 Å². The highest BCUT2D eigenvalue weighted by Crippen LogP contribution is 2.44. The molecule has 0 saturated carbocycles. The Kier molecular flexibility index (Phi) is 4.67. The molecule has 2 aromatic rings. The van der Waals surface area contributed by atoms with Crippen molar-refractivity contribution in [1.29, 1.82) is 0 Å². The van der Waals surface area contributed by atoms with E-state index >= 15 is 0 Å². The zero-order chi connectivity index (χ0) is 17.9. The van der Waals surface area contributed by atoms with E-state index in [0.29, 0.717) is 13.0 Å². The normalized spacial score (nSPS) is 18.7. The Bertz CT molecular complexity index is 806. The van der Waals surface area contributed by atoms with Crippen molar-refractivity contribution in [3.8, 4) is 23.5 Å². The van der Waals surface area contributed by atoms with Gasteiger partial charge >= 0.3 is 6.09 Å². The van der Waals surface area contributed by atoms with E-state index < -0.39 is 0 Å². The van der Waals surface area contributed by atoms with E-state index in [0.717, 1.165) is 25.8 Å². The zero-order valence-corrected chi connectivity index (χ0v) is 14.9. The number of nitrogens with zero attached hydrogens (tertiary/aromatic N) is 1. The van der Waals surface area contributed by atoms with Gasteiger partial charge in [0.05, 0.1) is 0 Å². The van der Waals surface area contributed by atoms with Crippen LogP contribution in [0.2, 0.25) is 0 Å². The molecular weight excluding hydrogens is 322 g/mol. The molecule has 1 fully saturated rings. The summed E-state index contributed by atoms with van der Waals surface area (Å²) in [7, 11) is 0. The van der Waals surface area contributed by atoms with Crippen molar-refractivity contribution in [3.05, 3.63) is 59.7 Å². The number of fused-ring (bicyclic) bond motifs is 3. The minimum Gasteiger partial charge on any atom is -0.448 e. The van der Waals surface area contributed by atoms with Crippen LogP contribution < -0.4 is 0 Å². The third kappa shape index (κ3) is 2.97. The first kappa shape index (κ1) is 16.7. The summed E-state index contributed by atoms with van der Waals surface area (Å²) in [5.41, 5.74) is 4.96. The van der Waals surface area contributed by atoms with Crippen LogP contribution in [0.25, 0.3) is 11.1 Å². The monoisotopic (exact) mass is 345 g/mol. The largest absolute Gasteiger partial charge is 0.448 e. The third-order valence-electron chi connectivity index (χ3n) is 5.55. The molecule has 2 aliphatic rings. The fraction of sp³-hybridized carbons (Fsp3) is 0.348. The molecule has 26 heavy (non-hydrogen) atoms. The summed E-state index contributed by atoms with van der Waals surface area (Å²) >= 11 is 0. The van der Waals surface area contributed by atoms with E-state index in [2.05, 4.69) is 42.3 Å². The first-order valence-corrected chi connectivity index (χ1v) is 9.34. The van der Waals surface area contributed by atoms with E-state index in [1.807, 2.05) is 17.0 Å². The Hall–Kier alpha value is -2.73. The highest BCUT2D eigenvalue weighted by Gasteiger charge is 2.31. The van der Waals surface area contributed by atoms with Gasteiger partial charge in [-0.1, -0.05) is 48.5 Å². The maximum Gasteiger partial charge on any atom is 0.410 e. The molecule has 1 aliphatic carbocycles. The van der Waals surface area contributed by atoms with Crippen LogP contribution in [0.1, 0.15) is 42.7 Å². The SMILES string of the molecule is C#CCC1CCCCN1C(=O)OCC1c2ccccc2-c2ccccc21. The van der Waals surface area contributed by atoms with Gasteiger partial charge in [-0.05, 0) is 41.5 Å². The molecule has 1 heterocycles. The number of rotatable bonds is 3. The highest BCUT2D eigenvalue weighted by molar-refractivity contribution is 5.79. The van der Waals surface area contributed by atoms with Crippen LogP contribution in [0.3, 0.4) is 0 Å². The van der Waals surface area contributed by atoms with Crippen LogP contribution in [0.5, 0.6) is 0 Å². The molecule has 1 unspecified atom stereocenters. The van der Waals surface area contributed by atoms with Gasteiger partial charge in [-0.25, -0.2) is 4.79 Å². The first-order valence-electron chi connectivity index (χ1n) is 9.34. The van der Waals surface area contributed by atoms with Crippen molar-refractivity contribution in [2.24, 2.45) is 0 Å². The standard InChI is InChI=1S/C23H23NO2/c1-2-9-17-10-7-8-15-24(17)23(25)26-16-22-20-13-5-3-11-18(20)19-12-4-6-14-21(19)22/h1,3-6,11-14,17,22H,7-10,15-16H2. The van der Waals surface area contributed by atoms with Gasteiger partial charge in [-0.15, -0.1) is 12.3 Å². The van der Waals surface area contributed by atoms with E-state index in [-0.39, 0.29) is 18.1 Å². The molecule has 0 radical (unpaired) electrons. The lowest BCUT2D eigenvalue weighted by Crippen LogP contribution is -2.44. The highest BCUT2D eigenvalue weighted by atomic mass is 16.6. The Labute approximate surface area is 155 Å². The lowest BCUT2D eigenvalue weighted by atomic mass is 9.98. The molecule has 0 spiro atoms. The molecule has 132 valence electrons. The molecule has 4 rings (SSSR count). The van der Waals surface area contributed by atoms with Crippen LogP contribution in [0, 0.1) is 12.3 Å². The quantitative estimate of drug-likeness (QED) is 0.747. The van der Waals surface area contributed by atoms with Crippen LogP contribution in [-0.4, -0.2) is 30.2 Å². The molecule has 1 saturated heterocycles. The minimum absolute atomic E-state index is 0.0993. The van der Waals surface area contributed by atoms with E-state index in [1.54, 1.807) is 0 Å². The lowest BCUT2D eigenvalue weighted by Gasteiger charge is -2.34. The molecule has 3 nitrogen and oxygen atoms in total. The fourth-order valence-corrected chi connectivity index (χ4v) is 4.27. The summed E-state index contributed by atoms with van der Waals surface area (Å²) in [5.74, 6) is 2.80. The summed E-state index contributed by atoms with van der Waals surface area (Å²) in [4.78, 5) is 14.5. The van der Waals surface area contributed by atoms with Crippen molar-refractivity contribution in [2.75, 3.05) is 13.2 Å². The first-order chi connectivity index (χ1) is 12.8. The van der Waals surface area contributed by atoms with Gasteiger partial charge in [0, 0.05) is 24.9 Å². The number of terminal acetylenes is 1. The number of benzene rings is 2. The predicted octanol–water partition coefficient (Wildman–Crippen LogP) is 4.81. The maximum absolute atomic E-state index is 12.7. The van der Waals surface area contributed by atoms with E-state index in [9.17, 15) is 4.79 Å². The number of carbonyl (C=O) groups excluding carboxylic acids is 1. The average molecular weight is 345 g/mol. The van der Waals surface area contributed by atoms with Crippen LogP contribution in [0.15, 0.2) is 48.5 Å². The summed E-state index contributed by atoms with van der Waals surface area (Å²) in [5, 5.41) is 0. The molecule has 0 bridgehead atoms. The van der Waals surface area contributed by atoms with Crippen molar-refractivity contribution >= 4 is 6.09 Å². The molecule has 2 aromatic carbocycles. The average Bonchev–Trinajstić information content (AvgIpc) is 3.01. The number of ether oxygens (including phenoxy) is 1. The second-order valence-corrected chi connectivity index (χ2v) is 7.06. The van der Waals surface area contributed by atoms with Gasteiger partial charge in [0.15, 0.2) is 0 Å². The third-order valence-corrected chi connectivity index (χ3v) is 5.55. The number of amides is 1. The van der Waals surface area contributed by atoms with Crippen LogP contribution in [0.4, 0.5) is 4.79 Å². The van der Waals surface area contributed by atoms with Crippen molar-refractivity contribution in [2.45, 2.75) is 37.6 Å². The Morgan fingerprint density at radius 2 is 1.73 bits per heavy atom. The minimum atomic E-state index is -0.230. The van der Waals surface area contributed by atoms with E-state index in [4.69, 9.17) is 11.2 Å². The van der Waals surface area contributed by atoms with Gasteiger partial charge in [0.1, 0.15) is 6.61 Å². The van der Waals surface area contributed by atoms with Gasteiger partial charge in [0.2, 0.25) is 0 Å². The van der Waals surface area contributed by atoms with Gasteiger partial charge < -0.3 is 9.64 Å². The summed E-state index contributed by atoms with van der Waals surface area (Å²) in [6, 6.07) is 16.9. The molecule has 0 N–H and O–H groups in total. The number of hydrogen-bond donors (Lipinski definition) is 0. The molecule has 1 aliphatic heterocycles. The molecule has 0 aromatic heterocycles. The van der Waals surface area contributed by atoms with Crippen LogP contribution >= 0.6 is 0 Å². The fourth-order valence-electron chi connectivity index (χ4n) is 4.27. The number of piperidine rings is 1. The Balaban J connectivity index is 1.51. The maximum atomic E-state index is 12.7. The summed E-state index contributed by atoms with van der Waals surface area (Å²) in [6.45, 7) is 1.11. The van der Waals surface area contributed by atoms with Crippen molar-refractivity contribution in [3.63, 3.8) is 0 Å². The van der Waals surface area contributed by atoms with Crippen molar-refractivity contribution < 1.29 is 9.53 Å². The predicted molar refractivity (Wildman–Crippen MR) is 103 cm³/mol. The molecular formula is C23H23NO2. The molecule has 1 atom stereocenters. The summed E-state index contributed by atoms with van der Waals surface area (Å²) < 4.78 is 5.77. The topological polar surface area (TPSA) is 29.5 Å². The number of hydrogen-bond acceptors (Lipinski definition) is 2. The van der Waals surface area contributed by atoms with Gasteiger partial charge in [0.25, 0.3) is 0 Å². The van der Waals surface area contributed by atoms with Crippen LogP contribution in [-0.2, 0) is 4.74 Å². The second-order valence-electron chi connectivity index (χ2n) is 7.06. The van der Waals surface area contributed by atoms with Gasteiger partial charge in [-0.3, -0.25) is 0 Å². The second kappa shape index (κ2) is 7.25. The number of likely N-dealkylation sites (tertiary alicyclic amines) is 1. The van der Waals surface area contributed by atoms with Crippen molar-refractivity contribution in [1.82, 2.24) is 4.90 Å². The lowest BCUT2D eigenvalue weighted by molar-refractivity contribution is 0.0724. The van der Waals surface area contributed by atoms with Gasteiger partial charge in [-0.2, -0.15) is 0 Å². The molecule has 3 heteroatoms. The summed E-state index contributed by atoms with van der Waals surface area (Å²) in [6.07, 6.45) is 8.95. The smallest absolute Gasteiger partial charge is 0.410 e. The molecule has 1 amide bonds. The zero-order valence-electron chi connectivity index (χ0n) is 14.9.